The molecule has 2 aromatic carbocycles. The number of hydrogen-bond acceptors (Lipinski definition) is 0. The summed E-state index contributed by atoms with van der Waals surface area (Å²) in [5.41, 5.74) is 9.35. The molecule has 0 nitrogen and oxygen atoms in total. The minimum atomic E-state index is 0.0199. The Morgan fingerprint density at radius 2 is 1.36 bits per heavy atom. The van der Waals surface area contributed by atoms with Crippen LogP contribution in [0.2, 0.25) is 0 Å². The molecular weight excluding hydrogens is 396 g/mol. The molecule has 0 fully saturated rings. The Morgan fingerprint density at radius 1 is 0.818 bits per heavy atom. The molecule has 0 aliphatic heterocycles. The number of fused-ring (bicyclic) bond motifs is 3. The molecule has 0 N–H and O–H groups in total. The van der Waals surface area contributed by atoms with Gasteiger partial charge in [0.05, 0.1) is 0 Å². The number of hydrogen-bond donors (Lipinski definition) is 0. The van der Waals surface area contributed by atoms with E-state index >= 15 is 0 Å². The maximum absolute atomic E-state index is 3.43. The summed E-state index contributed by atoms with van der Waals surface area (Å²) >= 11 is 0. The van der Waals surface area contributed by atoms with E-state index < -0.39 is 0 Å². The van der Waals surface area contributed by atoms with Gasteiger partial charge in [0.15, 0.2) is 0 Å². The van der Waals surface area contributed by atoms with Crippen LogP contribution in [0, 0.1) is 29.1 Å². The van der Waals surface area contributed by atoms with Gasteiger partial charge < -0.3 is 0 Å². The second-order valence-corrected chi connectivity index (χ2v) is 9.89. The van der Waals surface area contributed by atoms with Gasteiger partial charge in [-0.15, -0.1) is 0 Å². The Labute approximate surface area is 201 Å². The first-order valence-corrected chi connectivity index (χ1v) is 12.7. The average molecular weight is 433 g/mol. The Balaban J connectivity index is 1.77. The lowest BCUT2D eigenvalue weighted by Gasteiger charge is -2.35. The summed E-state index contributed by atoms with van der Waals surface area (Å²) in [7, 11) is 0. The molecule has 2 aliphatic carbocycles. The lowest BCUT2D eigenvalue weighted by Crippen LogP contribution is -2.24. The third kappa shape index (κ3) is 4.87. The van der Waals surface area contributed by atoms with E-state index in [1.807, 2.05) is 0 Å². The number of unbranched alkanes of at least 4 members (excludes halogenated alkanes) is 4. The Bertz CT molecular complexity index is 1120. The summed E-state index contributed by atoms with van der Waals surface area (Å²) in [5, 5.41) is 0. The van der Waals surface area contributed by atoms with E-state index in [0.29, 0.717) is 5.92 Å². The number of allylic oxidation sites excluding steroid dienone is 4. The van der Waals surface area contributed by atoms with Gasteiger partial charge >= 0.3 is 0 Å². The number of benzene rings is 2. The SMILES string of the molecule is CCCCC#Cc1ccc2c(c1)C(C(C)(C)C1=CC=CC1)c1cc(C#CCCCC)ccc1-2. The van der Waals surface area contributed by atoms with Gasteiger partial charge in [-0.3, -0.25) is 0 Å². The first-order chi connectivity index (χ1) is 16.1. The lowest BCUT2D eigenvalue weighted by atomic mass is 9.68. The van der Waals surface area contributed by atoms with Crippen molar-refractivity contribution in [3.05, 3.63) is 82.5 Å². The summed E-state index contributed by atoms with van der Waals surface area (Å²) < 4.78 is 0. The van der Waals surface area contributed by atoms with E-state index in [9.17, 15) is 0 Å². The zero-order chi connectivity index (χ0) is 23.3. The highest BCUT2D eigenvalue weighted by atomic mass is 14.4. The molecule has 0 heteroatoms. The summed E-state index contributed by atoms with van der Waals surface area (Å²) in [6.45, 7) is 9.26. The van der Waals surface area contributed by atoms with Crippen molar-refractivity contribution < 1.29 is 0 Å². The van der Waals surface area contributed by atoms with Gasteiger partial charge in [0.2, 0.25) is 0 Å². The molecule has 2 aromatic rings. The van der Waals surface area contributed by atoms with E-state index in [4.69, 9.17) is 0 Å². The zero-order valence-electron chi connectivity index (χ0n) is 20.7. The van der Waals surface area contributed by atoms with Gasteiger partial charge in [-0.2, -0.15) is 0 Å². The molecule has 4 rings (SSSR count). The molecule has 0 amide bonds. The van der Waals surface area contributed by atoms with E-state index in [2.05, 4.69) is 106 Å². The van der Waals surface area contributed by atoms with Crippen LogP contribution in [-0.4, -0.2) is 0 Å². The molecule has 0 saturated heterocycles. The van der Waals surface area contributed by atoms with Crippen molar-refractivity contribution >= 4 is 0 Å². The molecule has 0 spiro atoms. The van der Waals surface area contributed by atoms with Gasteiger partial charge in [-0.1, -0.05) is 100 Å². The molecule has 0 unspecified atom stereocenters. The van der Waals surface area contributed by atoms with Crippen LogP contribution >= 0.6 is 0 Å². The average Bonchev–Trinajstić information content (AvgIpc) is 3.46. The van der Waals surface area contributed by atoms with Gasteiger partial charge in [0, 0.05) is 29.9 Å². The molecule has 33 heavy (non-hydrogen) atoms. The van der Waals surface area contributed by atoms with Crippen LogP contribution in [0.15, 0.2) is 60.2 Å². The zero-order valence-corrected chi connectivity index (χ0v) is 20.7. The highest BCUT2D eigenvalue weighted by Crippen LogP contribution is 2.56. The normalized spacial score (nSPS) is 14.1. The quantitative estimate of drug-likeness (QED) is 0.316. The monoisotopic (exact) mass is 432 g/mol. The Morgan fingerprint density at radius 3 is 1.82 bits per heavy atom. The third-order valence-electron chi connectivity index (χ3n) is 7.11. The van der Waals surface area contributed by atoms with Gasteiger partial charge in [-0.25, -0.2) is 0 Å². The molecule has 0 heterocycles. The smallest absolute Gasteiger partial charge is 0.0248 e. The molecule has 0 atom stereocenters. The second-order valence-electron chi connectivity index (χ2n) is 9.89. The molecule has 168 valence electrons. The van der Waals surface area contributed by atoms with Crippen molar-refractivity contribution in [1.29, 1.82) is 0 Å². The van der Waals surface area contributed by atoms with Crippen molar-refractivity contribution in [2.45, 2.75) is 78.6 Å². The maximum Gasteiger partial charge on any atom is 0.0248 e. The van der Waals surface area contributed by atoms with Crippen molar-refractivity contribution in [3.63, 3.8) is 0 Å². The van der Waals surface area contributed by atoms with Crippen LogP contribution < -0.4 is 0 Å². The maximum atomic E-state index is 3.43. The van der Waals surface area contributed by atoms with E-state index in [-0.39, 0.29) is 5.41 Å². The second kappa shape index (κ2) is 10.3. The minimum absolute atomic E-state index is 0.0199. The molecule has 0 bridgehead atoms. The lowest BCUT2D eigenvalue weighted by molar-refractivity contribution is 0.388. The van der Waals surface area contributed by atoms with E-state index in [1.165, 1.54) is 53.5 Å². The molecule has 0 saturated carbocycles. The minimum Gasteiger partial charge on any atom is -0.0979 e. The fourth-order valence-electron chi connectivity index (χ4n) is 5.16. The Hall–Kier alpha value is -2.96. The van der Waals surface area contributed by atoms with Gasteiger partial charge in [0.25, 0.3) is 0 Å². The Kier molecular flexibility index (Phi) is 7.26. The van der Waals surface area contributed by atoms with Crippen molar-refractivity contribution in [2.75, 3.05) is 0 Å². The third-order valence-corrected chi connectivity index (χ3v) is 7.11. The van der Waals surface area contributed by atoms with Gasteiger partial charge in [0.1, 0.15) is 0 Å². The summed E-state index contributed by atoms with van der Waals surface area (Å²) in [5.74, 6) is 13.9. The van der Waals surface area contributed by atoms with Crippen LogP contribution in [-0.2, 0) is 0 Å². The van der Waals surface area contributed by atoms with Crippen LogP contribution in [0.25, 0.3) is 11.1 Å². The van der Waals surface area contributed by atoms with Crippen LogP contribution in [0.4, 0.5) is 0 Å². The standard InChI is InChI=1S/C33H36/c1-5-7-9-11-15-25-19-21-28-29-22-20-26(16-12-10-8-6-2)24-31(29)32(30(28)23-25)33(3,4)27-17-13-14-18-27/h13-14,17,19-24,32H,5-10,18H2,1-4H3. The van der Waals surface area contributed by atoms with E-state index in [1.54, 1.807) is 0 Å². The summed E-state index contributed by atoms with van der Waals surface area (Å²) in [6.07, 6.45) is 14.5. The molecule has 0 radical (unpaired) electrons. The van der Waals surface area contributed by atoms with Gasteiger partial charge in [-0.05, 0) is 71.2 Å². The molecule has 0 aromatic heterocycles. The van der Waals surface area contributed by atoms with E-state index in [0.717, 1.165) is 30.4 Å². The molecular formula is C33H36. The summed E-state index contributed by atoms with van der Waals surface area (Å²) in [6, 6.07) is 13.7. The fourth-order valence-corrected chi connectivity index (χ4v) is 5.16. The highest BCUT2D eigenvalue weighted by Gasteiger charge is 2.41. The summed E-state index contributed by atoms with van der Waals surface area (Å²) in [4.78, 5) is 0. The molecule has 2 aliphatic rings. The first-order valence-electron chi connectivity index (χ1n) is 12.7. The highest BCUT2D eigenvalue weighted by molar-refractivity contribution is 5.81. The topological polar surface area (TPSA) is 0 Å². The van der Waals surface area contributed by atoms with Crippen molar-refractivity contribution in [2.24, 2.45) is 5.41 Å². The predicted molar refractivity (Wildman–Crippen MR) is 142 cm³/mol. The van der Waals surface area contributed by atoms with Crippen LogP contribution in [0.3, 0.4) is 0 Å². The number of rotatable bonds is 6. The van der Waals surface area contributed by atoms with Crippen LogP contribution in [0.5, 0.6) is 0 Å². The van der Waals surface area contributed by atoms with Crippen molar-refractivity contribution in [3.8, 4) is 34.8 Å². The largest absolute Gasteiger partial charge is 0.0979 e. The predicted octanol–water partition coefficient (Wildman–Crippen LogP) is 8.79. The first kappa shape index (κ1) is 23.2. The fraction of sp³-hybridized carbons (Fsp3) is 0.394. The van der Waals surface area contributed by atoms with Crippen molar-refractivity contribution in [1.82, 2.24) is 0 Å². The van der Waals surface area contributed by atoms with Crippen LogP contribution in [0.1, 0.15) is 101 Å².